The van der Waals surface area contributed by atoms with Gasteiger partial charge < -0.3 is 9.41 Å². The number of hydrogen-bond acceptors (Lipinski definition) is 0. The van der Waals surface area contributed by atoms with Crippen molar-refractivity contribution in [3.05, 3.63) is 59.7 Å². The Morgan fingerprint density at radius 2 is 0.760 bits per heavy atom. The maximum absolute atomic E-state index is 2.27. The Morgan fingerprint density at radius 3 is 1.04 bits per heavy atom. The van der Waals surface area contributed by atoms with Crippen molar-refractivity contribution < 1.29 is 35.6 Å². The SMILES string of the molecule is [F-].[F-].[Zr+4].c1cc[c-](C2CCCCC2)c1.c1cc[c-](C2CCCCC2)c1. The fourth-order valence-corrected chi connectivity index (χ4v) is 4.19. The van der Waals surface area contributed by atoms with Gasteiger partial charge in [-0.1, -0.05) is 76.0 Å². The average molecular weight is 424 g/mol. The van der Waals surface area contributed by atoms with Crippen LogP contribution in [0, 0.1) is 0 Å². The molecule has 0 atom stereocenters. The van der Waals surface area contributed by atoms with E-state index in [4.69, 9.17) is 0 Å². The van der Waals surface area contributed by atoms with Gasteiger partial charge in [0.15, 0.2) is 0 Å². The van der Waals surface area contributed by atoms with Crippen molar-refractivity contribution in [2.45, 2.75) is 76.0 Å². The van der Waals surface area contributed by atoms with Crippen LogP contribution in [0.15, 0.2) is 48.5 Å². The van der Waals surface area contributed by atoms with Crippen LogP contribution in [0.1, 0.15) is 87.2 Å². The molecule has 0 nitrogen and oxygen atoms in total. The van der Waals surface area contributed by atoms with Crippen LogP contribution < -0.4 is 9.41 Å². The normalized spacial score (nSPS) is 17.9. The van der Waals surface area contributed by atoms with E-state index in [2.05, 4.69) is 48.5 Å². The van der Waals surface area contributed by atoms with E-state index >= 15 is 0 Å². The number of hydrogen-bond donors (Lipinski definition) is 0. The maximum Gasteiger partial charge on any atom is 4.00 e. The predicted octanol–water partition coefficient (Wildman–Crippen LogP) is 0.912. The van der Waals surface area contributed by atoms with Gasteiger partial charge in [0.2, 0.25) is 0 Å². The zero-order valence-electron chi connectivity index (χ0n) is 15.1. The minimum atomic E-state index is 0. The molecule has 0 radical (unpaired) electrons. The molecule has 0 unspecified atom stereocenters. The molecule has 2 fully saturated rings. The van der Waals surface area contributed by atoms with Crippen molar-refractivity contribution in [3.8, 4) is 0 Å². The summed E-state index contributed by atoms with van der Waals surface area (Å²) in [5.41, 5.74) is 3.15. The maximum atomic E-state index is 2.27. The van der Waals surface area contributed by atoms with Gasteiger partial charge in [0.25, 0.3) is 0 Å². The van der Waals surface area contributed by atoms with Gasteiger partial charge in [0.1, 0.15) is 0 Å². The van der Waals surface area contributed by atoms with Crippen LogP contribution in [-0.2, 0) is 26.2 Å². The quantitative estimate of drug-likeness (QED) is 0.630. The largest absolute Gasteiger partial charge is 4.00 e. The Labute approximate surface area is 171 Å². The molecule has 0 aromatic heterocycles. The first-order valence-electron chi connectivity index (χ1n) is 9.37. The van der Waals surface area contributed by atoms with Crippen LogP contribution in [0.3, 0.4) is 0 Å². The third-order valence-electron chi connectivity index (χ3n) is 5.53. The van der Waals surface area contributed by atoms with Crippen molar-refractivity contribution in [2.75, 3.05) is 0 Å². The summed E-state index contributed by atoms with van der Waals surface area (Å²) in [5, 5.41) is 0. The zero-order valence-corrected chi connectivity index (χ0v) is 17.6. The van der Waals surface area contributed by atoms with Gasteiger partial charge in [0, 0.05) is 0 Å². The van der Waals surface area contributed by atoms with Crippen LogP contribution in [0.25, 0.3) is 0 Å². The van der Waals surface area contributed by atoms with Gasteiger partial charge in [-0.3, -0.25) is 0 Å². The van der Waals surface area contributed by atoms with Crippen LogP contribution in [-0.4, -0.2) is 0 Å². The van der Waals surface area contributed by atoms with Gasteiger partial charge in [-0.25, -0.2) is 24.3 Å². The number of rotatable bonds is 2. The molecule has 0 N–H and O–H groups in total. The van der Waals surface area contributed by atoms with Crippen molar-refractivity contribution in [1.82, 2.24) is 0 Å². The van der Waals surface area contributed by atoms with Gasteiger partial charge in [-0.15, -0.1) is 0 Å². The topological polar surface area (TPSA) is 0 Å². The Morgan fingerprint density at radius 1 is 0.480 bits per heavy atom. The van der Waals surface area contributed by atoms with E-state index in [-0.39, 0.29) is 35.6 Å². The molecular weight excluding hydrogens is 393 g/mol. The van der Waals surface area contributed by atoms with Gasteiger partial charge in [-0.05, 0) is 0 Å². The summed E-state index contributed by atoms with van der Waals surface area (Å²) >= 11 is 0. The Balaban J connectivity index is 0.000000411. The van der Waals surface area contributed by atoms with Crippen molar-refractivity contribution >= 4 is 0 Å². The van der Waals surface area contributed by atoms with E-state index in [1.54, 1.807) is 11.1 Å². The monoisotopic (exact) mass is 422 g/mol. The van der Waals surface area contributed by atoms with Crippen LogP contribution in [0.5, 0.6) is 0 Å². The van der Waals surface area contributed by atoms with Gasteiger partial charge in [-0.2, -0.15) is 35.4 Å². The molecule has 0 heterocycles. The van der Waals surface area contributed by atoms with Crippen molar-refractivity contribution in [1.29, 1.82) is 0 Å². The number of halogens is 2. The molecule has 2 aliphatic carbocycles. The molecule has 136 valence electrons. The minimum absolute atomic E-state index is 0. The smallest absolute Gasteiger partial charge is 1.00 e. The summed E-state index contributed by atoms with van der Waals surface area (Å²) in [6.07, 6.45) is 14.4. The van der Waals surface area contributed by atoms with Crippen molar-refractivity contribution in [2.24, 2.45) is 0 Å². The fraction of sp³-hybridized carbons (Fsp3) is 0.545. The average Bonchev–Trinajstić information content (AvgIpc) is 3.31. The molecular formula is C22H30F2Zr. The standard InChI is InChI=1S/2C11H15.2FH.Zr/c2*1-2-6-10(7-3-1)11-8-4-5-9-11;;;/h2*4-5,8-10H,1-3,6-7H2;2*1H;/q2*-1;;;+4/p-2. The molecule has 25 heavy (non-hydrogen) atoms. The third-order valence-corrected chi connectivity index (χ3v) is 5.53. The third kappa shape index (κ3) is 7.69. The molecule has 2 aromatic carbocycles. The summed E-state index contributed by atoms with van der Waals surface area (Å²) in [6, 6.07) is 17.7. The molecule has 2 aromatic rings. The zero-order chi connectivity index (χ0) is 15.0. The molecule has 0 spiro atoms. The summed E-state index contributed by atoms with van der Waals surface area (Å²) < 4.78 is 0. The Bertz CT molecular complexity index is 444. The molecule has 2 aliphatic rings. The summed E-state index contributed by atoms with van der Waals surface area (Å²) in [7, 11) is 0. The summed E-state index contributed by atoms with van der Waals surface area (Å²) in [5.74, 6) is 1.78. The predicted molar refractivity (Wildman–Crippen MR) is 95.7 cm³/mol. The molecule has 0 aliphatic heterocycles. The summed E-state index contributed by atoms with van der Waals surface area (Å²) in [6.45, 7) is 0. The molecule has 2 saturated carbocycles. The second-order valence-electron chi connectivity index (χ2n) is 7.11. The van der Waals surface area contributed by atoms with Crippen LogP contribution in [0.2, 0.25) is 0 Å². The van der Waals surface area contributed by atoms with E-state index < -0.39 is 0 Å². The second-order valence-corrected chi connectivity index (χ2v) is 7.11. The van der Waals surface area contributed by atoms with Crippen LogP contribution in [0.4, 0.5) is 0 Å². The van der Waals surface area contributed by atoms with Crippen LogP contribution >= 0.6 is 0 Å². The second kappa shape index (κ2) is 13.6. The van der Waals surface area contributed by atoms with Gasteiger partial charge >= 0.3 is 26.2 Å². The molecule has 0 saturated heterocycles. The van der Waals surface area contributed by atoms with Gasteiger partial charge in [0.05, 0.1) is 0 Å². The van der Waals surface area contributed by atoms with Crippen molar-refractivity contribution in [3.63, 3.8) is 0 Å². The van der Waals surface area contributed by atoms with E-state index in [0.717, 1.165) is 11.8 Å². The van der Waals surface area contributed by atoms with E-state index in [1.807, 2.05) is 0 Å². The molecule has 0 bridgehead atoms. The Hall–Kier alpha value is -0.557. The first-order chi connectivity index (χ1) is 10.9. The first-order valence-corrected chi connectivity index (χ1v) is 9.37. The minimum Gasteiger partial charge on any atom is -1.00 e. The molecule has 3 heteroatoms. The molecule has 4 rings (SSSR count). The van der Waals surface area contributed by atoms with E-state index in [0.29, 0.717) is 0 Å². The van der Waals surface area contributed by atoms with E-state index in [1.165, 1.54) is 64.2 Å². The first kappa shape index (κ1) is 24.4. The molecule has 0 amide bonds. The summed E-state index contributed by atoms with van der Waals surface area (Å²) in [4.78, 5) is 0. The fourth-order valence-electron chi connectivity index (χ4n) is 4.19. The van der Waals surface area contributed by atoms with E-state index in [9.17, 15) is 0 Å². The Kier molecular flexibility index (Phi) is 13.3.